The van der Waals surface area contributed by atoms with Gasteiger partial charge >= 0.3 is 6.09 Å². The van der Waals surface area contributed by atoms with Crippen LogP contribution < -0.4 is 10.1 Å². The maximum absolute atomic E-state index is 13.8. The van der Waals surface area contributed by atoms with Crippen LogP contribution in [0.25, 0.3) is 0 Å². The molecule has 2 aliphatic rings. The number of rotatable bonds is 2. The molecular formula is C19H25FN2O3S. The Labute approximate surface area is 157 Å². The molecular weight excluding hydrogens is 355 g/mol. The lowest BCUT2D eigenvalue weighted by Gasteiger charge is -2.36. The first kappa shape index (κ1) is 19.0. The standard InChI is InChI=1S/C19H25FN2O3S/c1-18(2,3)25-17(23)21-16-22-19(9-5-6-13(19)11-26-16)12-7-8-14(20)15(10-12)24-4/h7-8,10,13H,5-6,9,11H2,1-4H3,(H,21,22,23)/t13?,19-/m1/s1. The van der Waals surface area contributed by atoms with Crippen LogP contribution in [-0.2, 0) is 10.3 Å². The first-order chi connectivity index (χ1) is 12.2. The van der Waals surface area contributed by atoms with Gasteiger partial charge in [-0.25, -0.2) is 9.18 Å². The van der Waals surface area contributed by atoms with Gasteiger partial charge in [-0.2, -0.15) is 0 Å². The number of amidine groups is 1. The van der Waals surface area contributed by atoms with Crippen LogP contribution in [0.15, 0.2) is 23.2 Å². The van der Waals surface area contributed by atoms with Crippen molar-refractivity contribution in [2.45, 2.75) is 51.2 Å². The largest absolute Gasteiger partial charge is 0.494 e. The fourth-order valence-electron chi connectivity index (χ4n) is 3.65. The van der Waals surface area contributed by atoms with Crippen molar-refractivity contribution < 1.29 is 18.7 Å². The van der Waals surface area contributed by atoms with Crippen molar-refractivity contribution in [2.24, 2.45) is 10.9 Å². The summed E-state index contributed by atoms with van der Waals surface area (Å²) in [5, 5.41) is 3.33. The third-order valence-electron chi connectivity index (χ3n) is 4.77. The molecule has 0 saturated heterocycles. The van der Waals surface area contributed by atoms with Gasteiger partial charge in [0.05, 0.1) is 12.6 Å². The van der Waals surface area contributed by atoms with Crippen LogP contribution in [0.4, 0.5) is 9.18 Å². The quantitative estimate of drug-likeness (QED) is 0.823. The summed E-state index contributed by atoms with van der Waals surface area (Å²) in [5.74, 6) is 1.04. The zero-order chi connectivity index (χ0) is 18.9. The molecule has 1 aliphatic carbocycles. The van der Waals surface area contributed by atoms with Gasteiger partial charge in [0.25, 0.3) is 0 Å². The van der Waals surface area contributed by atoms with Crippen molar-refractivity contribution in [3.63, 3.8) is 0 Å². The number of thioether (sulfide) groups is 1. The third-order valence-corrected chi connectivity index (χ3v) is 5.80. The summed E-state index contributed by atoms with van der Waals surface area (Å²) in [6.45, 7) is 5.46. The second-order valence-corrected chi connectivity index (χ2v) is 8.73. The van der Waals surface area contributed by atoms with E-state index in [0.29, 0.717) is 11.1 Å². The summed E-state index contributed by atoms with van der Waals surface area (Å²) in [4.78, 5) is 17.0. The van der Waals surface area contributed by atoms with Crippen molar-refractivity contribution in [1.29, 1.82) is 0 Å². The molecule has 7 heteroatoms. The van der Waals surface area contributed by atoms with E-state index in [4.69, 9.17) is 14.5 Å². The molecule has 1 aromatic carbocycles. The number of carbonyl (C=O) groups excluding carboxylic acids is 1. The molecule has 1 unspecified atom stereocenters. The molecule has 2 atom stereocenters. The Kier molecular flexibility index (Phi) is 5.19. The number of alkyl carbamates (subject to hydrolysis) is 1. The van der Waals surface area contributed by atoms with Gasteiger partial charge in [0.1, 0.15) is 5.60 Å². The van der Waals surface area contributed by atoms with Gasteiger partial charge in [-0.15, -0.1) is 0 Å². The monoisotopic (exact) mass is 380 g/mol. The molecule has 5 nitrogen and oxygen atoms in total. The molecule has 1 N–H and O–H groups in total. The Morgan fingerprint density at radius 2 is 2.19 bits per heavy atom. The van der Waals surface area contributed by atoms with Crippen LogP contribution in [0.2, 0.25) is 0 Å². The number of nitrogens with zero attached hydrogens (tertiary/aromatic N) is 1. The van der Waals surface area contributed by atoms with Gasteiger partial charge in [0, 0.05) is 5.75 Å². The smallest absolute Gasteiger partial charge is 0.413 e. The molecule has 3 rings (SSSR count). The second kappa shape index (κ2) is 7.10. The molecule has 1 saturated carbocycles. The number of ether oxygens (including phenoxy) is 2. The molecule has 0 radical (unpaired) electrons. The molecule has 1 heterocycles. The normalized spacial score (nSPS) is 25.3. The first-order valence-electron chi connectivity index (χ1n) is 8.80. The average Bonchev–Trinajstić information content (AvgIpc) is 2.97. The van der Waals surface area contributed by atoms with E-state index in [0.717, 1.165) is 30.6 Å². The molecule has 0 bridgehead atoms. The number of methoxy groups -OCH3 is 1. The van der Waals surface area contributed by atoms with E-state index >= 15 is 0 Å². The van der Waals surface area contributed by atoms with Crippen molar-refractivity contribution in [1.82, 2.24) is 5.32 Å². The van der Waals surface area contributed by atoms with E-state index in [9.17, 15) is 9.18 Å². The number of carbonyl (C=O) groups is 1. The number of fused-ring (bicyclic) bond motifs is 1. The van der Waals surface area contributed by atoms with Crippen LogP contribution in [-0.4, -0.2) is 29.7 Å². The van der Waals surface area contributed by atoms with Gasteiger partial charge in [-0.1, -0.05) is 24.2 Å². The van der Waals surface area contributed by atoms with E-state index in [2.05, 4.69) is 5.32 Å². The van der Waals surface area contributed by atoms with Crippen LogP contribution in [0.3, 0.4) is 0 Å². The van der Waals surface area contributed by atoms with Crippen molar-refractivity contribution in [2.75, 3.05) is 12.9 Å². The van der Waals surface area contributed by atoms with Crippen LogP contribution in [0.1, 0.15) is 45.6 Å². The predicted molar refractivity (Wildman–Crippen MR) is 101 cm³/mol. The molecule has 142 valence electrons. The Balaban J connectivity index is 1.91. The number of nitrogens with one attached hydrogen (secondary N) is 1. The molecule has 1 amide bonds. The average molecular weight is 380 g/mol. The SMILES string of the molecule is COc1cc([C@]23CCCC2CSC(NC(=O)OC(C)(C)C)=N3)ccc1F. The van der Waals surface area contributed by atoms with Crippen molar-refractivity contribution >= 4 is 23.0 Å². The van der Waals surface area contributed by atoms with Gasteiger partial charge in [-0.3, -0.25) is 10.3 Å². The van der Waals surface area contributed by atoms with Gasteiger partial charge in [0.15, 0.2) is 16.7 Å². The minimum Gasteiger partial charge on any atom is -0.494 e. The number of halogens is 1. The molecule has 0 spiro atoms. The van der Waals surface area contributed by atoms with Crippen LogP contribution in [0, 0.1) is 11.7 Å². The highest BCUT2D eigenvalue weighted by atomic mass is 32.2. The molecule has 1 fully saturated rings. The molecule has 1 aliphatic heterocycles. The van der Waals surface area contributed by atoms with E-state index in [-0.39, 0.29) is 11.6 Å². The Morgan fingerprint density at radius 1 is 1.42 bits per heavy atom. The highest BCUT2D eigenvalue weighted by Gasteiger charge is 2.47. The third kappa shape index (κ3) is 3.82. The fraction of sp³-hybridized carbons (Fsp3) is 0.579. The van der Waals surface area contributed by atoms with E-state index in [1.807, 2.05) is 20.8 Å². The highest BCUT2D eigenvalue weighted by Crippen LogP contribution is 2.51. The topological polar surface area (TPSA) is 59.9 Å². The first-order valence-corrected chi connectivity index (χ1v) is 9.79. The van der Waals surface area contributed by atoms with E-state index in [1.54, 1.807) is 12.1 Å². The lowest BCUT2D eigenvalue weighted by atomic mass is 9.81. The summed E-state index contributed by atoms with van der Waals surface area (Å²) < 4.78 is 24.3. The minimum atomic E-state index is -0.568. The number of amides is 1. The second-order valence-electron chi connectivity index (χ2n) is 7.72. The number of aliphatic imine (C=N–C) groups is 1. The number of hydrogen-bond donors (Lipinski definition) is 1. The predicted octanol–water partition coefficient (Wildman–Crippen LogP) is 4.46. The van der Waals surface area contributed by atoms with Crippen LogP contribution in [0.5, 0.6) is 5.75 Å². The molecule has 26 heavy (non-hydrogen) atoms. The Bertz CT molecular complexity index is 732. The maximum atomic E-state index is 13.8. The van der Waals surface area contributed by atoms with E-state index in [1.165, 1.54) is 24.9 Å². The maximum Gasteiger partial charge on any atom is 0.413 e. The fourth-order valence-corrected chi connectivity index (χ4v) is 4.84. The summed E-state index contributed by atoms with van der Waals surface area (Å²) in [5.41, 5.74) is -0.0830. The molecule has 0 aromatic heterocycles. The van der Waals surface area contributed by atoms with E-state index < -0.39 is 17.2 Å². The van der Waals surface area contributed by atoms with Crippen molar-refractivity contribution in [3.8, 4) is 5.75 Å². The summed E-state index contributed by atoms with van der Waals surface area (Å²) >= 11 is 1.53. The minimum absolute atomic E-state index is 0.220. The summed E-state index contributed by atoms with van der Waals surface area (Å²) in [6, 6.07) is 4.94. The number of hydrogen-bond acceptors (Lipinski definition) is 5. The van der Waals surface area contributed by atoms with Crippen molar-refractivity contribution in [3.05, 3.63) is 29.6 Å². The lowest BCUT2D eigenvalue weighted by Crippen LogP contribution is -2.41. The number of benzene rings is 1. The lowest BCUT2D eigenvalue weighted by molar-refractivity contribution is 0.0564. The molecule has 1 aromatic rings. The summed E-state index contributed by atoms with van der Waals surface area (Å²) in [6.07, 6.45) is 2.48. The van der Waals surface area contributed by atoms with Gasteiger partial charge in [0.2, 0.25) is 0 Å². The highest BCUT2D eigenvalue weighted by molar-refractivity contribution is 8.13. The van der Waals surface area contributed by atoms with Gasteiger partial charge < -0.3 is 9.47 Å². The zero-order valence-electron chi connectivity index (χ0n) is 15.6. The Hall–Kier alpha value is -1.76. The summed E-state index contributed by atoms with van der Waals surface area (Å²) in [7, 11) is 1.46. The van der Waals surface area contributed by atoms with Gasteiger partial charge in [-0.05, 0) is 57.2 Å². The Morgan fingerprint density at radius 3 is 2.88 bits per heavy atom. The van der Waals surface area contributed by atoms with Crippen LogP contribution >= 0.6 is 11.8 Å². The zero-order valence-corrected chi connectivity index (χ0v) is 16.4.